The van der Waals surface area contributed by atoms with E-state index in [-0.39, 0.29) is 57.4 Å². The van der Waals surface area contributed by atoms with E-state index in [0.717, 1.165) is 0 Å². The summed E-state index contributed by atoms with van der Waals surface area (Å²) < 4.78 is 71.9. The maximum atomic E-state index is 14.8. The molecule has 20 heteroatoms. The predicted molar refractivity (Wildman–Crippen MR) is 266 cm³/mol. The number of rotatable bonds is 18. The van der Waals surface area contributed by atoms with Crippen LogP contribution in [0.2, 0.25) is 0 Å². The van der Waals surface area contributed by atoms with Crippen LogP contribution in [0.5, 0.6) is 17.2 Å². The van der Waals surface area contributed by atoms with Crippen LogP contribution in [-0.4, -0.2) is 127 Å². The maximum absolute atomic E-state index is 14.8. The molecule has 0 aliphatic carbocycles. The van der Waals surface area contributed by atoms with Crippen molar-refractivity contribution in [3.05, 3.63) is 99.7 Å². The molecule has 0 N–H and O–H groups in total. The fourth-order valence-electron chi connectivity index (χ4n) is 11.3. The van der Waals surface area contributed by atoms with Gasteiger partial charge in [-0.05, 0) is 103 Å². The Hall–Kier alpha value is -6.07. The number of phosphoric ester groups is 1. The lowest BCUT2D eigenvalue weighted by molar-refractivity contribution is -0.150. The van der Waals surface area contributed by atoms with Crippen molar-refractivity contribution < 1.29 is 60.9 Å². The summed E-state index contributed by atoms with van der Waals surface area (Å²) in [6.45, 7) is 26.8. The Kier molecular flexibility index (Phi) is 15.2. The molecule has 9 rings (SSSR count). The van der Waals surface area contributed by atoms with E-state index in [1.54, 1.807) is 69.3 Å². The second-order valence-corrected chi connectivity index (χ2v) is 22.5. The van der Waals surface area contributed by atoms with E-state index < -0.39 is 61.1 Å². The summed E-state index contributed by atoms with van der Waals surface area (Å²) in [6.07, 6.45) is 0.953. The molecule has 6 atom stereocenters. The smallest absolute Gasteiger partial charge is 0.475 e. The lowest BCUT2D eigenvalue weighted by atomic mass is 9.84. The van der Waals surface area contributed by atoms with Gasteiger partial charge in [-0.15, -0.1) is 0 Å². The summed E-state index contributed by atoms with van der Waals surface area (Å²) in [6, 6.07) is 15.8. The number of likely N-dealkylation sites (tertiary alicyclic amines) is 3. The van der Waals surface area contributed by atoms with Crippen LogP contribution in [0, 0.1) is 24.5 Å². The van der Waals surface area contributed by atoms with Crippen LogP contribution in [0.1, 0.15) is 120 Å². The van der Waals surface area contributed by atoms with Gasteiger partial charge in [0, 0.05) is 55.6 Å². The molecule has 0 aromatic heterocycles. The summed E-state index contributed by atoms with van der Waals surface area (Å²) in [5.74, 6) is 1.53. The Morgan fingerprint density at radius 3 is 1.22 bits per heavy atom. The van der Waals surface area contributed by atoms with Crippen molar-refractivity contribution in [2.24, 2.45) is 0 Å². The van der Waals surface area contributed by atoms with E-state index in [1.165, 1.54) is 0 Å². The molecule has 74 heavy (non-hydrogen) atoms. The average molecular weight is 1040 g/mol. The summed E-state index contributed by atoms with van der Waals surface area (Å²) in [5, 5.41) is 9.79. The number of carbonyl (C=O) groups excluding carboxylic acids is 3. The largest absolute Gasteiger partial charge is 0.485 e. The van der Waals surface area contributed by atoms with Gasteiger partial charge in [-0.2, -0.15) is 5.26 Å². The van der Waals surface area contributed by atoms with Gasteiger partial charge in [-0.25, -0.2) is 14.3 Å². The molecular weight excluding hydrogens is 972 g/mol. The molecule has 3 aromatic rings. The molecule has 0 radical (unpaired) electrons. The van der Waals surface area contributed by atoms with Gasteiger partial charge in [-0.3, -0.25) is 28.0 Å². The quantitative estimate of drug-likeness (QED) is 0.0666. The lowest BCUT2D eigenvalue weighted by Gasteiger charge is -2.47. The Morgan fingerprint density at radius 1 is 0.568 bits per heavy atom. The molecule has 6 aliphatic heterocycles. The van der Waals surface area contributed by atoms with Crippen molar-refractivity contribution in [2.45, 2.75) is 133 Å². The van der Waals surface area contributed by atoms with E-state index >= 15 is 0 Å². The summed E-state index contributed by atoms with van der Waals surface area (Å²) in [4.78, 5) is 52.5. The molecular formula is C54H63N6O13P. The number of benzene rings is 3. The van der Waals surface area contributed by atoms with Crippen LogP contribution in [-0.2, 0) is 46.7 Å². The summed E-state index contributed by atoms with van der Waals surface area (Å²) in [5.41, 5.74) is 0.293. The zero-order chi connectivity index (χ0) is 52.6. The Bertz CT molecular complexity index is 2540. The van der Waals surface area contributed by atoms with Crippen molar-refractivity contribution in [1.29, 1.82) is 5.26 Å². The van der Waals surface area contributed by atoms with Gasteiger partial charge in [0.2, 0.25) is 17.7 Å². The first-order valence-electron chi connectivity index (χ1n) is 25.3. The molecule has 3 amide bonds. The van der Waals surface area contributed by atoms with Gasteiger partial charge < -0.3 is 43.1 Å². The number of phosphoric acid groups is 1. The highest BCUT2D eigenvalue weighted by Crippen LogP contribution is 2.52. The summed E-state index contributed by atoms with van der Waals surface area (Å²) in [7, 11) is -4.48. The minimum absolute atomic E-state index is 0.0380. The van der Waals surface area contributed by atoms with Crippen LogP contribution in [0.4, 0.5) is 11.4 Å². The number of nitrogens with zero attached hydrogens (tertiary/aromatic N) is 6. The molecule has 6 aliphatic rings. The van der Waals surface area contributed by atoms with Crippen LogP contribution in [0.25, 0.3) is 9.69 Å². The molecule has 3 fully saturated rings. The minimum Gasteiger partial charge on any atom is -0.485 e. The number of nitriles is 1. The number of fused-ring (bicyclic) bond motifs is 3. The van der Waals surface area contributed by atoms with Gasteiger partial charge in [0.1, 0.15) is 52.4 Å². The standard InChI is InChI=1S/C54H63N6O13P/c1-52(2)49(46(58-21-9-12-43(58)61)37-30-34(33-55)15-18-40(37)71-52)65-24-27-68-74(64,69-28-25-66-50-47(59-22-10-13-44(59)62)38-31-35(56-7)16-19-41(38)72-53(50,3)4)70-29-26-67-51-48(60-23-11-14-45(60)63)39-32-36(57-8)17-20-42(39)73-54(51,5)6/h15-20,30-32,46-51H,9-14,21-29H2,1-6H3/t46-,47-,48-,49+,50+,51+/m1/s1. The second kappa shape index (κ2) is 21.3. The second-order valence-electron chi connectivity index (χ2n) is 20.9. The fraction of sp³-hybridized carbons (Fsp3) is 0.556. The number of amides is 3. The first-order valence-corrected chi connectivity index (χ1v) is 26.7. The van der Waals surface area contributed by atoms with E-state index in [9.17, 15) is 24.2 Å². The van der Waals surface area contributed by atoms with Crippen molar-refractivity contribution in [2.75, 3.05) is 59.3 Å². The summed E-state index contributed by atoms with van der Waals surface area (Å²) >= 11 is 0. The topological polar surface area (TPSA) is 194 Å². The molecule has 6 heterocycles. The molecule has 3 aromatic carbocycles. The van der Waals surface area contributed by atoms with E-state index in [2.05, 4.69) is 15.8 Å². The van der Waals surface area contributed by atoms with Crippen molar-refractivity contribution in [1.82, 2.24) is 14.7 Å². The van der Waals surface area contributed by atoms with E-state index in [4.69, 9.17) is 55.1 Å². The Labute approximate surface area is 432 Å². The molecule has 0 unspecified atom stereocenters. The predicted octanol–water partition coefficient (Wildman–Crippen LogP) is 8.88. The molecule has 0 spiro atoms. The molecule has 3 saturated heterocycles. The fourth-order valence-corrected chi connectivity index (χ4v) is 12.4. The maximum Gasteiger partial charge on any atom is 0.475 e. The SMILES string of the molecule is [C-]#[N+]c1ccc2c(c1)[C@@H](N1CCCC1=O)[C@H](OCCOP(=O)(OCCO[C@H]1[C@H](N3CCCC3=O)c3cc(C#N)ccc3OC1(C)C)OCCO[C@H]1[C@H](N3CCCC3=O)c3cc([N+]#[C-])ccc3OC1(C)C)C(C)(C)O2. The van der Waals surface area contributed by atoms with E-state index in [0.29, 0.717) is 109 Å². The average Bonchev–Trinajstić information content (AvgIpc) is 4.12. The highest BCUT2D eigenvalue weighted by atomic mass is 31.2. The van der Waals surface area contributed by atoms with Crippen LogP contribution in [0.3, 0.4) is 0 Å². The third kappa shape index (κ3) is 10.6. The van der Waals surface area contributed by atoms with Gasteiger partial charge in [0.05, 0.1) is 82.5 Å². The Balaban J connectivity index is 0.927. The van der Waals surface area contributed by atoms with E-state index in [1.807, 2.05) is 41.5 Å². The van der Waals surface area contributed by atoms with Crippen LogP contribution in [0.15, 0.2) is 54.6 Å². The molecule has 0 bridgehead atoms. The first kappa shape index (κ1) is 52.8. The number of carbonyl (C=O) groups is 3. The highest BCUT2D eigenvalue weighted by molar-refractivity contribution is 7.48. The molecule has 392 valence electrons. The van der Waals surface area contributed by atoms with Crippen LogP contribution < -0.4 is 14.2 Å². The van der Waals surface area contributed by atoms with Crippen molar-refractivity contribution in [3.63, 3.8) is 0 Å². The van der Waals surface area contributed by atoms with Crippen molar-refractivity contribution >= 4 is 36.9 Å². The van der Waals surface area contributed by atoms with Gasteiger partial charge in [-0.1, -0.05) is 12.1 Å². The minimum atomic E-state index is -4.48. The number of ether oxygens (including phenoxy) is 6. The van der Waals surface area contributed by atoms with Gasteiger partial charge >= 0.3 is 7.82 Å². The first-order chi connectivity index (χ1) is 35.4. The third-order valence-electron chi connectivity index (χ3n) is 14.6. The third-order valence-corrected chi connectivity index (χ3v) is 16.1. The normalized spacial score (nSPS) is 25.4. The van der Waals surface area contributed by atoms with Crippen LogP contribution >= 0.6 is 7.82 Å². The Morgan fingerprint density at radius 2 is 0.905 bits per heavy atom. The van der Waals surface area contributed by atoms with Gasteiger partial charge in [0.25, 0.3) is 0 Å². The molecule has 0 saturated carbocycles. The number of hydrogen-bond donors (Lipinski definition) is 0. The van der Waals surface area contributed by atoms with Gasteiger partial charge in [0.15, 0.2) is 11.4 Å². The lowest BCUT2D eigenvalue weighted by Crippen LogP contribution is -2.55. The number of hydrogen-bond acceptors (Lipinski definition) is 14. The monoisotopic (exact) mass is 1030 g/mol. The van der Waals surface area contributed by atoms with Crippen molar-refractivity contribution in [3.8, 4) is 23.3 Å². The highest BCUT2D eigenvalue weighted by Gasteiger charge is 2.52. The zero-order valence-corrected chi connectivity index (χ0v) is 43.6. The molecule has 19 nitrogen and oxygen atoms in total. The zero-order valence-electron chi connectivity index (χ0n) is 42.7.